The van der Waals surface area contributed by atoms with Gasteiger partial charge in [0.15, 0.2) is 0 Å². The molecule has 0 amide bonds. The fraction of sp³-hybridized carbons (Fsp3) is 0.455. The average molecular weight is 232 g/mol. The highest BCUT2D eigenvalue weighted by Gasteiger charge is 2.50. The fourth-order valence-electron chi connectivity index (χ4n) is 1.89. The molecule has 1 nitrogen and oxygen atoms in total. The van der Waals surface area contributed by atoms with Crippen LogP contribution in [0.15, 0.2) is 24.3 Å². The summed E-state index contributed by atoms with van der Waals surface area (Å²) in [6.07, 6.45) is 2.11. The second-order valence-electron chi connectivity index (χ2n) is 3.86. The molecule has 1 aliphatic carbocycles. The second kappa shape index (κ2) is 4.09. The largest absolute Gasteiger partial charge is 0.325 e. The van der Waals surface area contributed by atoms with E-state index in [2.05, 4.69) is 13.0 Å². The number of nitrogens with two attached hydrogens (primary N) is 1. The van der Waals surface area contributed by atoms with E-state index in [1.54, 1.807) is 0 Å². The summed E-state index contributed by atoms with van der Waals surface area (Å²) in [5.41, 5.74) is 7.37. The van der Waals surface area contributed by atoms with Crippen LogP contribution >= 0.6 is 24.0 Å². The lowest BCUT2D eigenvalue weighted by molar-refractivity contribution is 0.626. The van der Waals surface area contributed by atoms with Gasteiger partial charge in [0.05, 0.1) is 0 Å². The topological polar surface area (TPSA) is 26.0 Å². The van der Waals surface area contributed by atoms with Gasteiger partial charge in [-0.1, -0.05) is 36.7 Å². The summed E-state index contributed by atoms with van der Waals surface area (Å²) in [5.74, 6) is 0.478. The third kappa shape index (κ3) is 1.90. The summed E-state index contributed by atoms with van der Waals surface area (Å²) in [6.45, 7) is 2.14. The van der Waals surface area contributed by atoms with E-state index in [1.807, 2.05) is 18.2 Å². The van der Waals surface area contributed by atoms with Gasteiger partial charge < -0.3 is 5.73 Å². The molecule has 1 aromatic carbocycles. The summed E-state index contributed by atoms with van der Waals surface area (Å²) in [7, 11) is 0. The second-order valence-corrected chi connectivity index (χ2v) is 4.27. The number of hydrogen-bond acceptors (Lipinski definition) is 1. The molecule has 1 aromatic rings. The zero-order valence-electron chi connectivity index (χ0n) is 8.16. The van der Waals surface area contributed by atoms with Crippen LogP contribution in [0.4, 0.5) is 0 Å². The van der Waals surface area contributed by atoms with Crippen LogP contribution in [0.1, 0.15) is 31.2 Å². The summed E-state index contributed by atoms with van der Waals surface area (Å²) in [4.78, 5) is 0. The van der Waals surface area contributed by atoms with Gasteiger partial charge >= 0.3 is 0 Å². The Morgan fingerprint density at radius 1 is 1.50 bits per heavy atom. The monoisotopic (exact) mass is 231 g/mol. The van der Waals surface area contributed by atoms with Crippen LogP contribution in [0.2, 0.25) is 5.02 Å². The zero-order valence-corrected chi connectivity index (χ0v) is 9.74. The highest BCUT2D eigenvalue weighted by atomic mass is 35.5. The molecule has 0 aliphatic heterocycles. The first-order valence-corrected chi connectivity index (χ1v) is 5.08. The Balaban J connectivity index is 0.000000980. The number of benzene rings is 1. The molecule has 14 heavy (non-hydrogen) atoms. The Hall–Kier alpha value is -0.240. The molecule has 0 spiro atoms. The van der Waals surface area contributed by atoms with E-state index in [1.165, 1.54) is 5.56 Å². The zero-order chi connectivity index (χ0) is 9.47. The molecule has 2 N–H and O–H groups in total. The predicted octanol–water partition coefficient (Wildman–Crippen LogP) is 3.36. The van der Waals surface area contributed by atoms with Gasteiger partial charge in [-0.15, -0.1) is 12.4 Å². The Bertz CT molecular complexity index is 327. The van der Waals surface area contributed by atoms with E-state index in [-0.39, 0.29) is 17.9 Å². The normalized spacial score (nSPS) is 29.5. The summed E-state index contributed by atoms with van der Waals surface area (Å²) in [6, 6.07) is 8.00. The van der Waals surface area contributed by atoms with Crippen molar-refractivity contribution in [2.24, 2.45) is 5.73 Å². The standard InChI is InChI=1S/C11H14ClN.ClH/c1-2-11(13)7-9(11)8-5-3-4-6-10(8)12;/h3-6,9H,2,7,13H2,1H3;1H/t9-,11-;/m1./s1. The third-order valence-corrected chi connectivity index (χ3v) is 3.40. The molecule has 0 unspecified atom stereocenters. The van der Waals surface area contributed by atoms with Crippen LogP contribution in [0.3, 0.4) is 0 Å². The molecule has 0 saturated heterocycles. The van der Waals surface area contributed by atoms with E-state index in [0.29, 0.717) is 5.92 Å². The molecule has 0 radical (unpaired) electrons. The molecule has 2 atom stereocenters. The maximum atomic E-state index is 6.13. The molecule has 1 fully saturated rings. The van der Waals surface area contributed by atoms with Crippen LogP contribution in [-0.2, 0) is 0 Å². The smallest absolute Gasteiger partial charge is 0.0441 e. The van der Waals surface area contributed by atoms with Gasteiger partial charge in [0.2, 0.25) is 0 Å². The van der Waals surface area contributed by atoms with E-state index in [4.69, 9.17) is 17.3 Å². The highest BCUT2D eigenvalue weighted by Crippen LogP contribution is 2.52. The third-order valence-electron chi connectivity index (χ3n) is 3.06. The molecule has 1 saturated carbocycles. The van der Waals surface area contributed by atoms with E-state index in [0.717, 1.165) is 17.9 Å². The Labute approximate surface area is 96.0 Å². The molecular formula is C11H15Cl2N. The van der Waals surface area contributed by atoms with Crippen LogP contribution < -0.4 is 5.73 Å². The molecule has 1 aliphatic rings. The van der Waals surface area contributed by atoms with Crippen LogP contribution in [0, 0.1) is 0 Å². The first-order valence-electron chi connectivity index (χ1n) is 4.70. The van der Waals surface area contributed by atoms with Crippen molar-refractivity contribution in [3.63, 3.8) is 0 Å². The van der Waals surface area contributed by atoms with E-state index >= 15 is 0 Å². The summed E-state index contributed by atoms with van der Waals surface area (Å²) in [5, 5.41) is 0.855. The first-order chi connectivity index (χ1) is 6.17. The van der Waals surface area contributed by atoms with Crippen molar-refractivity contribution in [3.05, 3.63) is 34.9 Å². The van der Waals surface area contributed by atoms with E-state index in [9.17, 15) is 0 Å². The van der Waals surface area contributed by atoms with Gasteiger partial charge in [-0.25, -0.2) is 0 Å². The number of hydrogen-bond donors (Lipinski definition) is 1. The molecule has 0 bridgehead atoms. The van der Waals surface area contributed by atoms with E-state index < -0.39 is 0 Å². The van der Waals surface area contributed by atoms with Crippen molar-refractivity contribution in [1.29, 1.82) is 0 Å². The summed E-state index contributed by atoms with van der Waals surface area (Å²) < 4.78 is 0. The molecule has 0 heterocycles. The Morgan fingerprint density at radius 3 is 2.64 bits per heavy atom. The number of halogens is 2. The SMILES string of the molecule is CC[C@@]1(N)C[C@@H]1c1ccccc1Cl.Cl. The van der Waals surface area contributed by atoms with Gasteiger partial charge in [-0.05, 0) is 24.5 Å². The maximum Gasteiger partial charge on any atom is 0.0441 e. The van der Waals surface area contributed by atoms with Gasteiger partial charge in [0.1, 0.15) is 0 Å². The lowest BCUT2D eigenvalue weighted by Crippen LogP contribution is -2.22. The lowest BCUT2D eigenvalue weighted by Gasteiger charge is -2.08. The fourth-order valence-corrected chi connectivity index (χ4v) is 2.16. The quantitative estimate of drug-likeness (QED) is 0.831. The van der Waals surface area contributed by atoms with Gasteiger partial charge in [-0.3, -0.25) is 0 Å². The lowest BCUT2D eigenvalue weighted by atomic mass is 10.1. The van der Waals surface area contributed by atoms with Crippen molar-refractivity contribution >= 4 is 24.0 Å². The van der Waals surface area contributed by atoms with Gasteiger partial charge in [-0.2, -0.15) is 0 Å². The van der Waals surface area contributed by atoms with Crippen molar-refractivity contribution in [1.82, 2.24) is 0 Å². The van der Waals surface area contributed by atoms with Crippen molar-refractivity contribution in [3.8, 4) is 0 Å². The first kappa shape index (κ1) is 11.8. The Kier molecular flexibility index (Phi) is 3.46. The number of rotatable bonds is 2. The molecular weight excluding hydrogens is 217 g/mol. The average Bonchev–Trinajstić information content (AvgIpc) is 2.80. The minimum atomic E-state index is 0. The van der Waals surface area contributed by atoms with Crippen molar-refractivity contribution in [2.45, 2.75) is 31.2 Å². The van der Waals surface area contributed by atoms with Crippen LogP contribution in [0.25, 0.3) is 0 Å². The minimum Gasteiger partial charge on any atom is -0.325 e. The van der Waals surface area contributed by atoms with Gasteiger partial charge in [0, 0.05) is 16.5 Å². The Morgan fingerprint density at radius 2 is 2.14 bits per heavy atom. The summed E-state index contributed by atoms with van der Waals surface area (Å²) >= 11 is 6.09. The molecule has 78 valence electrons. The van der Waals surface area contributed by atoms with Crippen molar-refractivity contribution in [2.75, 3.05) is 0 Å². The molecule has 2 rings (SSSR count). The minimum absolute atomic E-state index is 0. The molecule has 0 aromatic heterocycles. The molecule has 3 heteroatoms. The highest BCUT2D eigenvalue weighted by molar-refractivity contribution is 6.31. The maximum absolute atomic E-state index is 6.13. The van der Waals surface area contributed by atoms with Crippen molar-refractivity contribution < 1.29 is 0 Å². The predicted molar refractivity (Wildman–Crippen MR) is 63.3 cm³/mol. The van der Waals surface area contributed by atoms with Gasteiger partial charge in [0.25, 0.3) is 0 Å². The van der Waals surface area contributed by atoms with Crippen LogP contribution in [-0.4, -0.2) is 5.54 Å². The van der Waals surface area contributed by atoms with Crippen LogP contribution in [0.5, 0.6) is 0 Å².